The molecule has 0 amide bonds. The van der Waals surface area contributed by atoms with E-state index in [9.17, 15) is 0 Å². The van der Waals surface area contributed by atoms with Gasteiger partial charge in [0, 0.05) is 0 Å². The van der Waals surface area contributed by atoms with Crippen molar-refractivity contribution in [3.8, 4) is 0 Å². The van der Waals surface area contributed by atoms with Gasteiger partial charge >= 0.3 is 0 Å². The summed E-state index contributed by atoms with van der Waals surface area (Å²) in [6.07, 6.45) is 5.90. The first kappa shape index (κ1) is 9.06. The van der Waals surface area contributed by atoms with Crippen molar-refractivity contribution in [3.05, 3.63) is 0 Å². The Kier molecular flexibility index (Phi) is 4.00. The maximum absolute atomic E-state index is 2.37. The molecule has 2 unspecified atom stereocenters. The van der Waals surface area contributed by atoms with Gasteiger partial charge in [-0.2, -0.15) is 0 Å². The van der Waals surface area contributed by atoms with E-state index in [1.165, 1.54) is 25.7 Å². The van der Waals surface area contributed by atoms with Crippen LogP contribution in [-0.4, -0.2) is 8.41 Å². The summed E-state index contributed by atoms with van der Waals surface area (Å²) in [4.78, 5) is 0. The van der Waals surface area contributed by atoms with E-state index in [0.29, 0.717) is 0 Å². The minimum absolute atomic E-state index is 0. The third-order valence-corrected chi connectivity index (χ3v) is 2.20. The minimum atomic E-state index is 0. The van der Waals surface area contributed by atoms with Gasteiger partial charge in [-0.15, -0.1) is 0 Å². The standard InChI is InChI=1S/C8H16.BH3/c1-7-4-3-5-8(2)6-7;/h7-8H,3-6H2,1-2H3;1H3. The lowest BCUT2D eigenvalue weighted by Gasteiger charge is -2.22. The summed E-state index contributed by atoms with van der Waals surface area (Å²) in [6, 6.07) is 0. The second-order valence-electron chi connectivity index (χ2n) is 3.38. The highest BCUT2D eigenvalue weighted by atomic mass is 14.2. The molecule has 0 aromatic carbocycles. The molecule has 1 aliphatic carbocycles. The summed E-state index contributed by atoms with van der Waals surface area (Å²) < 4.78 is 0. The number of rotatable bonds is 0. The van der Waals surface area contributed by atoms with Crippen molar-refractivity contribution < 1.29 is 0 Å². The maximum Gasteiger partial charge on any atom is 0.0814 e. The Labute approximate surface area is 60.6 Å². The molecule has 0 N–H and O–H groups in total. The van der Waals surface area contributed by atoms with Crippen molar-refractivity contribution in [1.82, 2.24) is 0 Å². The molecule has 1 saturated carbocycles. The van der Waals surface area contributed by atoms with Crippen LogP contribution in [0.15, 0.2) is 0 Å². The van der Waals surface area contributed by atoms with Crippen molar-refractivity contribution in [2.24, 2.45) is 11.8 Å². The second-order valence-corrected chi connectivity index (χ2v) is 3.38. The van der Waals surface area contributed by atoms with E-state index in [1.54, 1.807) is 0 Å². The Morgan fingerprint density at radius 2 is 1.44 bits per heavy atom. The molecule has 2 atom stereocenters. The Morgan fingerprint density at radius 3 is 1.67 bits per heavy atom. The van der Waals surface area contributed by atoms with Crippen molar-refractivity contribution in [3.63, 3.8) is 0 Å². The highest BCUT2D eigenvalue weighted by Gasteiger charge is 2.13. The zero-order valence-electron chi connectivity index (χ0n) is 5.98. The average Bonchev–Trinajstić information content (AvgIpc) is 1.64. The van der Waals surface area contributed by atoms with Crippen LogP contribution < -0.4 is 0 Å². The average molecular weight is 126 g/mol. The SMILES string of the molecule is B.CC1CCCC(C)C1. The Bertz CT molecular complexity index is 63.0. The number of hydrogen-bond acceptors (Lipinski definition) is 0. The molecular formula is C8H19B. The molecule has 0 bridgehead atoms. The monoisotopic (exact) mass is 126 g/mol. The normalized spacial score (nSPS) is 35.3. The van der Waals surface area contributed by atoms with Crippen LogP contribution in [0, 0.1) is 11.8 Å². The van der Waals surface area contributed by atoms with Crippen LogP contribution in [0.1, 0.15) is 39.5 Å². The molecule has 9 heavy (non-hydrogen) atoms. The molecule has 0 aromatic rings. The molecule has 0 aromatic heterocycles. The van der Waals surface area contributed by atoms with E-state index in [0.717, 1.165) is 11.8 Å². The van der Waals surface area contributed by atoms with Gasteiger partial charge in [0.2, 0.25) is 0 Å². The van der Waals surface area contributed by atoms with Crippen LogP contribution in [0.3, 0.4) is 0 Å². The fourth-order valence-electron chi connectivity index (χ4n) is 1.74. The Balaban J connectivity index is 0.000000640. The molecule has 0 radical (unpaired) electrons. The van der Waals surface area contributed by atoms with Crippen molar-refractivity contribution in [1.29, 1.82) is 0 Å². The van der Waals surface area contributed by atoms with Crippen LogP contribution >= 0.6 is 0 Å². The molecule has 0 nitrogen and oxygen atoms in total. The molecule has 0 aliphatic heterocycles. The molecule has 1 aliphatic rings. The van der Waals surface area contributed by atoms with Gasteiger partial charge in [0.25, 0.3) is 0 Å². The van der Waals surface area contributed by atoms with Gasteiger partial charge in [-0.05, 0) is 18.3 Å². The van der Waals surface area contributed by atoms with Gasteiger partial charge in [0.15, 0.2) is 0 Å². The fraction of sp³-hybridized carbons (Fsp3) is 1.00. The lowest BCUT2D eigenvalue weighted by Crippen LogP contribution is -2.09. The molecule has 0 heterocycles. The summed E-state index contributed by atoms with van der Waals surface area (Å²) in [6.45, 7) is 4.74. The van der Waals surface area contributed by atoms with Gasteiger partial charge in [-0.25, -0.2) is 0 Å². The predicted molar refractivity (Wildman–Crippen MR) is 46.7 cm³/mol. The maximum atomic E-state index is 2.37. The lowest BCUT2D eigenvalue weighted by atomic mass is 9.84. The first-order valence-corrected chi connectivity index (χ1v) is 3.79. The van der Waals surface area contributed by atoms with Gasteiger partial charge in [0.05, 0.1) is 8.41 Å². The first-order valence-electron chi connectivity index (χ1n) is 3.79. The van der Waals surface area contributed by atoms with E-state index < -0.39 is 0 Å². The van der Waals surface area contributed by atoms with Crippen molar-refractivity contribution in [2.45, 2.75) is 39.5 Å². The van der Waals surface area contributed by atoms with E-state index in [-0.39, 0.29) is 8.41 Å². The van der Waals surface area contributed by atoms with Gasteiger partial charge in [-0.3, -0.25) is 0 Å². The minimum Gasteiger partial charge on any atom is -0.0625 e. The lowest BCUT2D eigenvalue weighted by molar-refractivity contribution is 0.301. The van der Waals surface area contributed by atoms with Crippen LogP contribution in [-0.2, 0) is 0 Å². The van der Waals surface area contributed by atoms with Crippen LogP contribution in [0.5, 0.6) is 0 Å². The largest absolute Gasteiger partial charge is 0.0814 e. The van der Waals surface area contributed by atoms with Crippen LogP contribution in [0.4, 0.5) is 0 Å². The third kappa shape index (κ3) is 2.93. The molecule has 0 saturated heterocycles. The quantitative estimate of drug-likeness (QED) is 0.433. The molecular weight excluding hydrogens is 107 g/mol. The third-order valence-electron chi connectivity index (χ3n) is 2.20. The Morgan fingerprint density at radius 1 is 1.00 bits per heavy atom. The molecule has 1 rings (SSSR count). The van der Waals surface area contributed by atoms with Gasteiger partial charge in [-0.1, -0.05) is 33.1 Å². The van der Waals surface area contributed by atoms with Gasteiger partial charge in [0.1, 0.15) is 0 Å². The predicted octanol–water partition coefficient (Wildman–Crippen LogP) is 1.65. The number of hydrogen-bond donors (Lipinski definition) is 0. The highest BCUT2D eigenvalue weighted by Crippen LogP contribution is 2.27. The molecule has 1 fully saturated rings. The summed E-state index contributed by atoms with van der Waals surface area (Å²) in [5.74, 6) is 2.03. The summed E-state index contributed by atoms with van der Waals surface area (Å²) >= 11 is 0. The zero-order valence-corrected chi connectivity index (χ0v) is 5.98. The van der Waals surface area contributed by atoms with Crippen molar-refractivity contribution >= 4 is 8.41 Å². The van der Waals surface area contributed by atoms with E-state index in [2.05, 4.69) is 13.8 Å². The van der Waals surface area contributed by atoms with E-state index in [4.69, 9.17) is 0 Å². The van der Waals surface area contributed by atoms with Crippen LogP contribution in [0.25, 0.3) is 0 Å². The Hall–Kier alpha value is 0.0649. The molecule has 54 valence electrons. The smallest absolute Gasteiger partial charge is 0.0625 e. The first-order chi connectivity index (χ1) is 3.79. The molecule has 0 spiro atoms. The molecule has 1 heteroatoms. The van der Waals surface area contributed by atoms with Crippen LogP contribution in [0.2, 0.25) is 0 Å². The van der Waals surface area contributed by atoms with Crippen molar-refractivity contribution in [2.75, 3.05) is 0 Å². The summed E-state index contributed by atoms with van der Waals surface area (Å²) in [5, 5.41) is 0. The van der Waals surface area contributed by atoms with Gasteiger partial charge < -0.3 is 0 Å². The van der Waals surface area contributed by atoms with E-state index >= 15 is 0 Å². The zero-order chi connectivity index (χ0) is 5.98. The van der Waals surface area contributed by atoms with E-state index in [1.807, 2.05) is 0 Å². The highest BCUT2D eigenvalue weighted by molar-refractivity contribution is 5.75. The summed E-state index contributed by atoms with van der Waals surface area (Å²) in [7, 11) is 0. The second kappa shape index (κ2) is 3.97. The fourth-order valence-corrected chi connectivity index (χ4v) is 1.74. The topological polar surface area (TPSA) is 0 Å². The summed E-state index contributed by atoms with van der Waals surface area (Å²) in [5.41, 5.74) is 0.